The zero-order valence-electron chi connectivity index (χ0n) is 14.7. The van der Waals surface area contributed by atoms with Crippen molar-refractivity contribution in [1.29, 1.82) is 0 Å². The molecule has 0 aliphatic rings. The van der Waals surface area contributed by atoms with Gasteiger partial charge in [-0.25, -0.2) is 9.78 Å². The number of halogens is 1. The fourth-order valence-corrected chi connectivity index (χ4v) is 3.54. The van der Waals surface area contributed by atoms with Crippen LogP contribution < -0.4 is 15.8 Å². The molecule has 4 rings (SSSR count). The summed E-state index contributed by atoms with van der Waals surface area (Å²) >= 11 is 7.57. The van der Waals surface area contributed by atoms with Gasteiger partial charge in [0.15, 0.2) is 0 Å². The number of thiazole rings is 1. The average molecular weight is 412 g/mol. The van der Waals surface area contributed by atoms with E-state index < -0.39 is 5.63 Å². The number of anilines is 1. The molecule has 0 saturated heterocycles. The third-order valence-electron chi connectivity index (χ3n) is 4.00. The molecule has 0 saturated carbocycles. The van der Waals surface area contributed by atoms with E-state index in [9.17, 15) is 4.79 Å². The highest BCUT2D eigenvalue weighted by atomic mass is 35.5. The Morgan fingerprint density at radius 2 is 2.11 bits per heavy atom. The normalized spacial score (nSPS) is 11.2. The van der Waals surface area contributed by atoms with E-state index in [4.69, 9.17) is 20.8 Å². The Kier molecular flexibility index (Phi) is 5.10. The van der Waals surface area contributed by atoms with E-state index >= 15 is 0 Å². The van der Waals surface area contributed by atoms with Gasteiger partial charge in [-0.15, -0.1) is 11.3 Å². The van der Waals surface area contributed by atoms with Gasteiger partial charge in [-0.3, -0.25) is 5.43 Å². The molecule has 4 aromatic rings. The molecule has 0 unspecified atom stereocenters. The minimum atomic E-state index is -0.429. The van der Waals surface area contributed by atoms with Crippen LogP contribution in [0.4, 0.5) is 5.13 Å². The van der Waals surface area contributed by atoms with E-state index in [1.807, 2.05) is 30.3 Å². The molecule has 2 aromatic carbocycles. The van der Waals surface area contributed by atoms with Crippen molar-refractivity contribution < 1.29 is 9.15 Å². The summed E-state index contributed by atoms with van der Waals surface area (Å²) in [5, 5.41) is 7.79. The predicted molar refractivity (Wildman–Crippen MR) is 113 cm³/mol. The number of hydrogen-bond donors (Lipinski definition) is 1. The highest BCUT2D eigenvalue weighted by molar-refractivity contribution is 7.14. The molecule has 0 amide bonds. The van der Waals surface area contributed by atoms with Gasteiger partial charge in [-0.2, -0.15) is 5.10 Å². The maximum absolute atomic E-state index is 12.3. The van der Waals surface area contributed by atoms with Crippen molar-refractivity contribution in [1.82, 2.24) is 4.98 Å². The van der Waals surface area contributed by atoms with Crippen LogP contribution in [-0.2, 0) is 0 Å². The lowest BCUT2D eigenvalue weighted by Gasteiger charge is -2.04. The lowest BCUT2D eigenvalue weighted by molar-refractivity contribution is 0.415. The summed E-state index contributed by atoms with van der Waals surface area (Å²) in [5.41, 5.74) is 4.61. The first-order valence-corrected chi connectivity index (χ1v) is 9.52. The fraction of sp³-hybridized carbons (Fsp3) is 0.0500. The van der Waals surface area contributed by atoms with E-state index in [-0.39, 0.29) is 0 Å². The Morgan fingerprint density at radius 1 is 1.25 bits per heavy atom. The van der Waals surface area contributed by atoms with Crippen LogP contribution in [0.1, 0.15) is 5.56 Å². The summed E-state index contributed by atoms with van der Waals surface area (Å²) < 4.78 is 10.5. The Bertz CT molecular complexity index is 1230. The van der Waals surface area contributed by atoms with Gasteiger partial charge in [-0.05, 0) is 18.2 Å². The number of fused-ring (bicyclic) bond motifs is 1. The molecule has 1 N–H and O–H groups in total. The van der Waals surface area contributed by atoms with E-state index in [1.165, 1.54) is 11.3 Å². The molecule has 0 spiro atoms. The van der Waals surface area contributed by atoms with Crippen molar-refractivity contribution in [3.05, 3.63) is 74.9 Å². The van der Waals surface area contributed by atoms with Gasteiger partial charge in [-0.1, -0.05) is 41.9 Å². The number of hydrazone groups is 1. The highest BCUT2D eigenvalue weighted by Crippen LogP contribution is 2.27. The largest absolute Gasteiger partial charge is 0.495 e. The number of ether oxygens (including phenoxy) is 1. The summed E-state index contributed by atoms with van der Waals surface area (Å²) in [7, 11) is 1.56. The van der Waals surface area contributed by atoms with Gasteiger partial charge < -0.3 is 9.15 Å². The summed E-state index contributed by atoms with van der Waals surface area (Å²) in [4.78, 5) is 16.7. The number of benzene rings is 2. The molecule has 6 nitrogen and oxygen atoms in total. The van der Waals surface area contributed by atoms with E-state index in [0.29, 0.717) is 38.3 Å². The first-order chi connectivity index (χ1) is 13.7. The molecular formula is C20H14ClN3O3S. The number of para-hydroxylation sites is 1. The van der Waals surface area contributed by atoms with Crippen LogP contribution in [0.5, 0.6) is 5.75 Å². The molecule has 0 aliphatic carbocycles. The Hall–Kier alpha value is -3.16. The number of aromatic nitrogens is 1. The van der Waals surface area contributed by atoms with E-state index in [2.05, 4.69) is 15.5 Å². The van der Waals surface area contributed by atoms with Gasteiger partial charge >= 0.3 is 5.63 Å². The van der Waals surface area contributed by atoms with E-state index in [1.54, 1.807) is 36.9 Å². The number of rotatable bonds is 5. The maximum atomic E-state index is 12.3. The van der Waals surface area contributed by atoms with Crippen molar-refractivity contribution >= 4 is 45.3 Å². The lowest BCUT2D eigenvalue weighted by atomic mass is 10.1. The number of hydrogen-bond acceptors (Lipinski definition) is 7. The monoisotopic (exact) mass is 411 g/mol. The zero-order valence-corrected chi connectivity index (χ0v) is 16.3. The first kappa shape index (κ1) is 18.2. The zero-order chi connectivity index (χ0) is 19.5. The minimum Gasteiger partial charge on any atom is -0.495 e. The van der Waals surface area contributed by atoms with E-state index in [0.717, 1.165) is 5.39 Å². The molecule has 0 bridgehead atoms. The molecule has 2 aromatic heterocycles. The third-order valence-corrected chi connectivity index (χ3v) is 5.15. The van der Waals surface area contributed by atoms with Crippen LogP contribution in [0.15, 0.2) is 68.2 Å². The van der Waals surface area contributed by atoms with Crippen LogP contribution in [-0.4, -0.2) is 18.3 Å². The molecule has 0 radical (unpaired) electrons. The van der Waals surface area contributed by atoms with Crippen molar-refractivity contribution in [2.24, 2.45) is 5.10 Å². The summed E-state index contributed by atoms with van der Waals surface area (Å²) in [6, 6.07) is 14.5. The van der Waals surface area contributed by atoms with Gasteiger partial charge in [0.25, 0.3) is 0 Å². The predicted octanol–water partition coefficient (Wildman–Crippen LogP) is 5.02. The highest BCUT2D eigenvalue weighted by Gasteiger charge is 2.11. The van der Waals surface area contributed by atoms with Crippen molar-refractivity contribution in [3.63, 3.8) is 0 Å². The number of nitrogens with zero attached hydrogens (tertiary/aromatic N) is 2. The SMILES string of the molecule is COc1cccc(/C=N/Nc2nc(-c3cc4ccccc4oc3=O)cs2)c1Cl. The molecular weight excluding hydrogens is 398 g/mol. The van der Waals surface area contributed by atoms with Crippen molar-refractivity contribution in [2.75, 3.05) is 12.5 Å². The van der Waals surface area contributed by atoms with Crippen LogP contribution >= 0.6 is 22.9 Å². The van der Waals surface area contributed by atoms with Crippen LogP contribution in [0.25, 0.3) is 22.2 Å². The topological polar surface area (TPSA) is 76.7 Å². The second-order valence-corrected chi connectivity index (χ2v) is 6.99. The number of nitrogens with one attached hydrogen (secondary N) is 1. The Balaban J connectivity index is 1.56. The summed E-state index contributed by atoms with van der Waals surface area (Å²) in [5.74, 6) is 0.574. The molecule has 0 fully saturated rings. The maximum Gasteiger partial charge on any atom is 0.345 e. The standard InChI is InChI=1S/C20H14ClN3O3S/c1-26-17-8-4-6-13(18(17)21)10-22-24-20-23-15(11-28-20)14-9-12-5-2-3-7-16(12)27-19(14)25/h2-11H,1H3,(H,23,24)/b22-10+. The van der Waals surface area contributed by atoms with Gasteiger partial charge in [0.1, 0.15) is 11.3 Å². The molecule has 28 heavy (non-hydrogen) atoms. The van der Waals surface area contributed by atoms with Gasteiger partial charge in [0.05, 0.1) is 29.6 Å². The Morgan fingerprint density at radius 3 is 2.96 bits per heavy atom. The Labute approximate surface area is 169 Å². The molecule has 140 valence electrons. The molecule has 0 aliphatic heterocycles. The summed E-state index contributed by atoms with van der Waals surface area (Å²) in [6.07, 6.45) is 1.58. The fourth-order valence-electron chi connectivity index (χ4n) is 2.63. The third kappa shape index (κ3) is 3.62. The van der Waals surface area contributed by atoms with Crippen LogP contribution in [0.3, 0.4) is 0 Å². The van der Waals surface area contributed by atoms with Gasteiger partial charge in [0.2, 0.25) is 5.13 Å². The number of methoxy groups -OCH3 is 1. The van der Waals surface area contributed by atoms with Crippen molar-refractivity contribution in [3.8, 4) is 17.0 Å². The second-order valence-electron chi connectivity index (χ2n) is 5.76. The quantitative estimate of drug-likeness (QED) is 0.283. The molecule has 8 heteroatoms. The molecule has 2 heterocycles. The molecule has 0 atom stereocenters. The van der Waals surface area contributed by atoms with Crippen molar-refractivity contribution in [2.45, 2.75) is 0 Å². The lowest BCUT2D eigenvalue weighted by Crippen LogP contribution is -2.02. The van der Waals surface area contributed by atoms with Gasteiger partial charge in [0, 0.05) is 16.3 Å². The van der Waals surface area contributed by atoms with Crippen LogP contribution in [0.2, 0.25) is 5.02 Å². The second kappa shape index (κ2) is 7.84. The average Bonchev–Trinajstić information content (AvgIpc) is 3.17. The van der Waals surface area contributed by atoms with Crippen LogP contribution in [0, 0.1) is 0 Å². The summed E-state index contributed by atoms with van der Waals surface area (Å²) in [6.45, 7) is 0. The smallest absolute Gasteiger partial charge is 0.345 e. The first-order valence-electron chi connectivity index (χ1n) is 8.26. The minimum absolute atomic E-state index is 0.405.